The number of aryl methyl sites for hydroxylation is 2. The van der Waals surface area contributed by atoms with E-state index in [1.807, 2.05) is 38.1 Å². The van der Waals surface area contributed by atoms with E-state index in [4.69, 9.17) is 4.74 Å². The second-order valence-electron chi connectivity index (χ2n) is 8.25. The van der Waals surface area contributed by atoms with Crippen molar-refractivity contribution in [2.75, 3.05) is 13.2 Å². The Morgan fingerprint density at radius 1 is 1.16 bits per heavy atom. The predicted molar refractivity (Wildman–Crippen MR) is 115 cm³/mol. The molecule has 0 saturated carbocycles. The van der Waals surface area contributed by atoms with Crippen LogP contribution in [0, 0.1) is 25.1 Å². The summed E-state index contributed by atoms with van der Waals surface area (Å²) in [5, 5.41) is 7.51. The summed E-state index contributed by atoms with van der Waals surface area (Å²) in [4.78, 5) is 17.7. The third-order valence-electron chi connectivity index (χ3n) is 5.85. The molecule has 7 heteroatoms. The van der Waals surface area contributed by atoms with Gasteiger partial charge in [0.1, 0.15) is 5.82 Å². The Hall–Kier alpha value is -3.06. The zero-order valence-corrected chi connectivity index (χ0v) is 17.9. The van der Waals surface area contributed by atoms with Crippen LogP contribution < -0.4 is 5.32 Å². The molecule has 0 unspecified atom stereocenters. The summed E-state index contributed by atoms with van der Waals surface area (Å²) in [7, 11) is 0. The second-order valence-corrected chi connectivity index (χ2v) is 8.25. The largest absolute Gasteiger partial charge is 0.381 e. The molecule has 0 aliphatic carbocycles. The first kappa shape index (κ1) is 21.2. The minimum atomic E-state index is -0.594. The van der Waals surface area contributed by atoms with Gasteiger partial charge in [0.2, 0.25) is 5.91 Å². The number of benzene rings is 1. The van der Waals surface area contributed by atoms with Gasteiger partial charge in [-0.1, -0.05) is 18.2 Å². The molecule has 4 rings (SSSR count). The van der Waals surface area contributed by atoms with Crippen LogP contribution in [0.15, 0.2) is 48.7 Å². The van der Waals surface area contributed by atoms with Crippen LogP contribution in [0.1, 0.15) is 35.4 Å². The lowest BCUT2D eigenvalue weighted by Crippen LogP contribution is -2.46. The SMILES string of the molecule is Cc1cc(C)n(-c2ccc(CNC(=O)C3(Cc4cccc(F)c4)CCOCC3)cn2)n1. The van der Waals surface area contributed by atoms with E-state index in [1.165, 1.54) is 12.1 Å². The molecule has 1 amide bonds. The number of halogens is 1. The first-order chi connectivity index (χ1) is 14.9. The minimum absolute atomic E-state index is 0.0253. The minimum Gasteiger partial charge on any atom is -0.381 e. The summed E-state index contributed by atoms with van der Waals surface area (Å²) < 4.78 is 21.0. The summed E-state index contributed by atoms with van der Waals surface area (Å²) in [6.07, 6.45) is 3.49. The second kappa shape index (κ2) is 8.98. The molecule has 0 radical (unpaired) electrons. The molecule has 1 fully saturated rings. The topological polar surface area (TPSA) is 69.0 Å². The fourth-order valence-electron chi connectivity index (χ4n) is 4.16. The number of pyridine rings is 1. The van der Waals surface area contributed by atoms with Crippen molar-refractivity contribution in [3.63, 3.8) is 0 Å². The van der Waals surface area contributed by atoms with Crippen LogP contribution in [0.4, 0.5) is 4.39 Å². The Morgan fingerprint density at radius 2 is 1.97 bits per heavy atom. The Bertz CT molecular complexity index is 1060. The van der Waals surface area contributed by atoms with E-state index in [0.717, 1.165) is 28.3 Å². The van der Waals surface area contributed by atoms with E-state index in [2.05, 4.69) is 15.4 Å². The molecule has 0 atom stereocenters. The van der Waals surface area contributed by atoms with E-state index >= 15 is 0 Å². The number of hydrogen-bond acceptors (Lipinski definition) is 4. The van der Waals surface area contributed by atoms with Crippen LogP contribution in [-0.2, 0) is 22.5 Å². The van der Waals surface area contributed by atoms with Crippen LogP contribution in [0.3, 0.4) is 0 Å². The number of carbonyl (C=O) groups is 1. The number of ether oxygens (including phenoxy) is 1. The Balaban J connectivity index is 1.44. The van der Waals surface area contributed by atoms with E-state index in [0.29, 0.717) is 39.0 Å². The van der Waals surface area contributed by atoms with Gasteiger partial charge in [-0.2, -0.15) is 5.10 Å². The van der Waals surface area contributed by atoms with Gasteiger partial charge in [0.05, 0.1) is 11.1 Å². The van der Waals surface area contributed by atoms with E-state index in [1.54, 1.807) is 16.9 Å². The lowest BCUT2D eigenvalue weighted by atomic mass is 9.74. The van der Waals surface area contributed by atoms with Crippen LogP contribution in [0.25, 0.3) is 5.82 Å². The van der Waals surface area contributed by atoms with Crippen molar-refractivity contribution in [3.8, 4) is 5.82 Å². The van der Waals surface area contributed by atoms with Crippen molar-refractivity contribution in [2.24, 2.45) is 5.41 Å². The number of hydrogen-bond donors (Lipinski definition) is 1. The predicted octanol–water partition coefficient (Wildman–Crippen LogP) is 3.68. The van der Waals surface area contributed by atoms with Crippen molar-refractivity contribution in [2.45, 2.75) is 39.7 Å². The fourth-order valence-corrected chi connectivity index (χ4v) is 4.16. The van der Waals surface area contributed by atoms with Crippen LogP contribution in [0.5, 0.6) is 0 Å². The maximum atomic E-state index is 13.7. The highest BCUT2D eigenvalue weighted by molar-refractivity contribution is 5.83. The van der Waals surface area contributed by atoms with Gasteiger partial charge in [0.25, 0.3) is 0 Å². The van der Waals surface area contributed by atoms with Gasteiger partial charge in [0, 0.05) is 31.6 Å². The van der Waals surface area contributed by atoms with Crippen molar-refractivity contribution in [1.82, 2.24) is 20.1 Å². The van der Waals surface area contributed by atoms with Gasteiger partial charge in [-0.25, -0.2) is 14.1 Å². The molecule has 1 aliphatic heterocycles. The third-order valence-corrected chi connectivity index (χ3v) is 5.85. The Morgan fingerprint density at radius 3 is 2.61 bits per heavy atom. The molecule has 0 bridgehead atoms. The van der Waals surface area contributed by atoms with Gasteiger partial charge >= 0.3 is 0 Å². The lowest BCUT2D eigenvalue weighted by Gasteiger charge is -2.36. The van der Waals surface area contributed by atoms with Crippen molar-refractivity contribution in [1.29, 1.82) is 0 Å². The lowest BCUT2D eigenvalue weighted by molar-refractivity contribution is -0.136. The highest BCUT2D eigenvalue weighted by Gasteiger charge is 2.40. The number of nitrogens with one attached hydrogen (secondary N) is 1. The van der Waals surface area contributed by atoms with Crippen molar-refractivity contribution >= 4 is 5.91 Å². The summed E-state index contributed by atoms with van der Waals surface area (Å²) in [5.74, 6) is 0.434. The highest BCUT2D eigenvalue weighted by Crippen LogP contribution is 2.35. The fraction of sp³-hybridized carbons (Fsp3) is 0.375. The molecule has 1 aromatic carbocycles. The van der Waals surface area contributed by atoms with Crippen LogP contribution in [-0.4, -0.2) is 33.9 Å². The zero-order chi connectivity index (χ0) is 21.8. The average Bonchev–Trinajstić information content (AvgIpc) is 3.11. The third kappa shape index (κ3) is 4.82. The van der Waals surface area contributed by atoms with Gasteiger partial charge < -0.3 is 10.1 Å². The number of amides is 1. The van der Waals surface area contributed by atoms with Crippen LogP contribution in [0.2, 0.25) is 0 Å². The molecule has 1 saturated heterocycles. The first-order valence-electron chi connectivity index (χ1n) is 10.5. The van der Waals surface area contributed by atoms with Crippen molar-refractivity contribution in [3.05, 3.63) is 77.0 Å². The van der Waals surface area contributed by atoms with Crippen molar-refractivity contribution < 1.29 is 13.9 Å². The molecule has 2 aromatic heterocycles. The monoisotopic (exact) mass is 422 g/mol. The Kier molecular flexibility index (Phi) is 6.13. The number of aromatic nitrogens is 3. The van der Waals surface area contributed by atoms with Gasteiger partial charge in [-0.15, -0.1) is 0 Å². The van der Waals surface area contributed by atoms with E-state index in [9.17, 15) is 9.18 Å². The summed E-state index contributed by atoms with van der Waals surface area (Å²) in [6, 6.07) is 12.3. The smallest absolute Gasteiger partial charge is 0.226 e. The molecule has 162 valence electrons. The number of carbonyl (C=O) groups excluding carboxylic acids is 1. The molecule has 6 nitrogen and oxygen atoms in total. The number of nitrogens with zero attached hydrogens (tertiary/aromatic N) is 3. The first-order valence-corrected chi connectivity index (χ1v) is 10.5. The molecular weight excluding hydrogens is 395 g/mol. The molecule has 3 aromatic rings. The highest BCUT2D eigenvalue weighted by atomic mass is 19.1. The summed E-state index contributed by atoms with van der Waals surface area (Å²) in [5.41, 5.74) is 3.10. The quantitative estimate of drug-likeness (QED) is 0.658. The van der Waals surface area contributed by atoms with E-state index < -0.39 is 5.41 Å². The number of rotatable bonds is 6. The molecule has 31 heavy (non-hydrogen) atoms. The standard InChI is InChI=1S/C24H27FN4O2/c1-17-12-18(2)29(28-17)22-7-6-20(15-26-22)16-27-23(30)24(8-10-31-11-9-24)14-19-4-3-5-21(25)13-19/h3-7,12-13,15H,8-11,14,16H2,1-2H3,(H,27,30). The van der Waals surface area contributed by atoms with E-state index in [-0.39, 0.29) is 11.7 Å². The molecular formula is C24H27FN4O2. The van der Waals surface area contributed by atoms with Crippen LogP contribution >= 0.6 is 0 Å². The molecule has 1 aliphatic rings. The van der Waals surface area contributed by atoms with Gasteiger partial charge in [-0.3, -0.25) is 4.79 Å². The normalized spacial score (nSPS) is 15.6. The maximum Gasteiger partial charge on any atom is 0.226 e. The summed E-state index contributed by atoms with van der Waals surface area (Å²) >= 11 is 0. The zero-order valence-electron chi connectivity index (χ0n) is 17.9. The van der Waals surface area contributed by atoms with Gasteiger partial charge in [-0.05, 0) is 68.5 Å². The molecule has 1 N–H and O–H groups in total. The average molecular weight is 423 g/mol. The molecule has 3 heterocycles. The Labute approximate surface area is 181 Å². The van der Waals surface area contributed by atoms with Gasteiger partial charge in [0.15, 0.2) is 5.82 Å². The summed E-state index contributed by atoms with van der Waals surface area (Å²) in [6.45, 7) is 5.38. The molecule has 0 spiro atoms. The maximum absolute atomic E-state index is 13.7.